The third-order valence-corrected chi connectivity index (χ3v) is 4.36. The fourth-order valence-electron chi connectivity index (χ4n) is 3.18. The van der Waals surface area contributed by atoms with Crippen molar-refractivity contribution in [2.24, 2.45) is 0 Å². The van der Waals surface area contributed by atoms with Crippen LogP contribution in [-0.4, -0.2) is 41.9 Å². The molecule has 1 heterocycles. The molecular formula is C19H22N2O. The predicted molar refractivity (Wildman–Crippen MR) is 88.6 cm³/mol. The van der Waals surface area contributed by atoms with E-state index < -0.39 is 0 Å². The molecule has 2 aromatic rings. The van der Waals surface area contributed by atoms with E-state index in [4.69, 9.17) is 0 Å². The van der Waals surface area contributed by atoms with Gasteiger partial charge in [0.2, 0.25) is 5.91 Å². The molecular weight excluding hydrogens is 272 g/mol. The average Bonchev–Trinajstić information content (AvgIpc) is 2.57. The van der Waals surface area contributed by atoms with Crippen LogP contribution in [0.1, 0.15) is 24.1 Å². The van der Waals surface area contributed by atoms with Crippen molar-refractivity contribution in [2.75, 3.05) is 26.2 Å². The monoisotopic (exact) mass is 294 g/mol. The predicted octanol–water partition coefficient (Wildman–Crippen LogP) is 2.94. The Morgan fingerprint density at radius 3 is 1.68 bits per heavy atom. The van der Waals surface area contributed by atoms with E-state index in [-0.39, 0.29) is 11.9 Å². The Kier molecular flexibility index (Phi) is 4.54. The van der Waals surface area contributed by atoms with Gasteiger partial charge in [-0.3, -0.25) is 9.69 Å². The highest BCUT2D eigenvalue weighted by Crippen LogP contribution is 2.29. The van der Waals surface area contributed by atoms with Crippen molar-refractivity contribution < 1.29 is 4.79 Å². The summed E-state index contributed by atoms with van der Waals surface area (Å²) in [6, 6.07) is 21.5. The molecule has 0 radical (unpaired) electrons. The van der Waals surface area contributed by atoms with Gasteiger partial charge in [-0.15, -0.1) is 0 Å². The lowest BCUT2D eigenvalue weighted by Crippen LogP contribution is -2.49. The second-order valence-electron chi connectivity index (χ2n) is 5.77. The van der Waals surface area contributed by atoms with Gasteiger partial charge in [0, 0.05) is 33.1 Å². The molecule has 3 nitrogen and oxygen atoms in total. The number of nitrogens with zero attached hydrogens (tertiary/aromatic N) is 2. The lowest BCUT2D eigenvalue weighted by molar-refractivity contribution is -0.130. The molecule has 1 aliphatic heterocycles. The van der Waals surface area contributed by atoms with Gasteiger partial charge in [0.25, 0.3) is 0 Å². The fraction of sp³-hybridized carbons (Fsp3) is 0.316. The summed E-state index contributed by atoms with van der Waals surface area (Å²) in [6.07, 6.45) is 0. The minimum atomic E-state index is 0.177. The van der Waals surface area contributed by atoms with Crippen LogP contribution in [0.2, 0.25) is 0 Å². The van der Waals surface area contributed by atoms with E-state index in [1.54, 1.807) is 6.92 Å². The largest absolute Gasteiger partial charge is 0.340 e. The number of rotatable bonds is 3. The van der Waals surface area contributed by atoms with E-state index >= 15 is 0 Å². The number of benzene rings is 2. The maximum absolute atomic E-state index is 11.5. The molecule has 114 valence electrons. The van der Waals surface area contributed by atoms with Gasteiger partial charge < -0.3 is 4.90 Å². The Labute approximate surface area is 132 Å². The van der Waals surface area contributed by atoms with Gasteiger partial charge in [0.05, 0.1) is 6.04 Å². The standard InChI is InChI=1S/C19H22N2O/c1-16(22)20-12-14-21(15-13-20)19(17-8-4-2-5-9-17)18-10-6-3-7-11-18/h2-11,19H,12-15H2,1H3. The first-order valence-corrected chi connectivity index (χ1v) is 7.85. The van der Waals surface area contributed by atoms with E-state index in [0.717, 1.165) is 26.2 Å². The molecule has 1 amide bonds. The lowest BCUT2D eigenvalue weighted by atomic mass is 9.96. The van der Waals surface area contributed by atoms with Crippen LogP contribution in [0, 0.1) is 0 Å². The minimum absolute atomic E-state index is 0.177. The molecule has 0 saturated carbocycles. The first-order chi connectivity index (χ1) is 10.8. The molecule has 0 atom stereocenters. The van der Waals surface area contributed by atoms with Gasteiger partial charge in [-0.25, -0.2) is 0 Å². The van der Waals surface area contributed by atoms with Crippen LogP contribution in [0.3, 0.4) is 0 Å². The molecule has 0 aromatic heterocycles. The molecule has 3 heteroatoms. The zero-order valence-electron chi connectivity index (χ0n) is 13.0. The molecule has 22 heavy (non-hydrogen) atoms. The highest BCUT2D eigenvalue weighted by atomic mass is 16.2. The maximum atomic E-state index is 11.5. The van der Waals surface area contributed by atoms with Crippen molar-refractivity contribution >= 4 is 5.91 Å². The van der Waals surface area contributed by atoms with E-state index in [1.807, 2.05) is 4.90 Å². The number of carbonyl (C=O) groups excluding carboxylic acids is 1. The highest BCUT2D eigenvalue weighted by molar-refractivity contribution is 5.73. The highest BCUT2D eigenvalue weighted by Gasteiger charge is 2.26. The third kappa shape index (κ3) is 3.20. The van der Waals surface area contributed by atoms with Crippen molar-refractivity contribution in [1.29, 1.82) is 0 Å². The summed E-state index contributed by atoms with van der Waals surface area (Å²) in [5.41, 5.74) is 2.62. The van der Waals surface area contributed by atoms with Crippen LogP contribution in [-0.2, 0) is 4.79 Å². The van der Waals surface area contributed by atoms with E-state index in [0.29, 0.717) is 0 Å². The van der Waals surface area contributed by atoms with Crippen molar-refractivity contribution in [1.82, 2.24) is 9.80 Å². The van der Waals surface area contributed by atoms with Gasteiger partial charge in [-0.1, -0.05) is 60.7 Å². The van der Waals surface area contributed by atoms with Crippen molar-refractivity contribution in [3.05, 3.63) is 71.8 Å². The molecule has 0 spiro atoms. The number of hydrogen-bond donors (Lipinski definition) is 0. The van der Waals surface area contributed by atoms with Crippen molar-refractivity contribution in [3.8, 4) is 0 Å². The summed E-state index contributed by atoms with van der Waals surface area (Å²) in [5, 5.41) is 0. The Bertz CT molecular complexity index is 564. The number of carbonyl (C=O) groups is 1. The summed E-state index contributed by atoms with van der Waals surface area (Å²) in [6.45, 7) is 5.10. The first-order valence-electron chi connectivity index (χ1n) is 7.85. The van der Waals surface area contributed by atoms with Crippen LogP contribution in [0.25, 0.3) is 0 Å². The summed E-state index contributed by atoms with van der Waals surface area (Å²) >= 11 is 0. The first kappa shape index (κ1) is 14.8. The van der Waals surface area contributed by atoms with E-state index in [1.165, 1.54) is 11.1 Å². The Hall–Kier alpha value is -2.13. The van der Waals surface area contributed by atoms with Crippen LogP contribution in [0.5, 0.6) is 0 Å². The smallest absolute Gasteiger partial charge is 0.219 e. The maximum Gasteiger partial charge on any atom is 0.219 e. The van der Waals surface area contributed by atoms with Crippen LogP contribution < -0.4 is 0 Å². The van der Waals surface area contributed by atoms with Crippen molar-refractivity contribution in [2.45, 2.75) is 13.0 Å². The van der Waals surface area contributed by atoms with Gasteiger partial charge in [0.1, 0.15) is 0 Å². The van der Waals surface area contributed by atoms with Crippen LogP contribution >= 0.6 is 0 Å². The minimum Gasteiger partial charge on any atom is -0.340 e. The second-order valence-corrected chi connectivity index (χ2v) is 5.77. The zero-order chi connectivity index (χ0) is 15.4. The summed E-state index contributed by atoms with van der Waals surface area (Å²) in [4.78, 5) is 15.9. The number of hydrogen-bond acceptors (Lipinski definition) is 2. The lowest BCUT2D eigenvalue weighted by Gasteiger charge is -2.39. The summed E-state index contributed by atoms with van der Waals surface area (Å²) in [5.74, 6) is 0.177. The molecule has 1 saturated heterocycles. The molecule has 0 bridgehead atoms. The van der Waals surface area contributed by atoms with Crippen LogP contribution in [0.15, 0.2) is 60.7 Å². The summed E-state index contributed by atoms with van der Waals surface area (Å²) in [7, 11) is 0. The van der Waals surface area contributed by atoms with E-state index in [9.17, 15) is 4.79 Å². The normalized spacial score (nSPS) is 16.0. The van der Waals surface area contributed by atoms with Gasteiger partial charge in [-0.2, -0.15) is 0 Å². The second kappa shape index (κ2) is 6.75. The molecule has 1 aliphatic rings. The van der Waals surface area contributed by atoms with Gasteiger partial charge in [-0.05, 0) is 11.1 Å². The van der Waals surface area contributed by atoms with Crippen LogP contribution in [0.4, 0.5) is 0 Å². The number of piperazine rings is 1. The molecule has 0 N–H and O–H groups in total. The summed E-state index contributed by atoms with van der Waals surface area (Å²) < 4.78 is 0. The molecule has 1 fully saturated rings. The quantitative estimate of drug-likeness (QED) is 0.869. The Balaban J connectivity index is 1.86. The Morgan fingerprint density at radius 2 is 1.27 bits per heavy atom. The average molecular weight is 294 g/mol. The molecule has 3 rings (SSSR count). The third-order valence-electron chi connectivity index (χ3n) is 4.36. The fourth-order valence-corrected chi connectivity index (χ4v) is 3.18. The SMILES string of the molecule is CC(=O)N1CCN(C(c2ccccc2)c2ccccc2)CC1. The molecule has 0 aliphatic carbocycles. The van der Waals surface area contributed by atoms with E-state index in [2.05, 4.69) is 65.6 Å². The van der Waals surface area contributed by atoms with Gasteiger partial charge in [0.15, 0.2) is 0 Å². The zero-order valence-corrected chi connectivity index (χ0v) is 13.0. The van der Waals surface area contributed by atoms with Gasteiger partial charge >= 0.3 is 0 Å². The van der Waals surface area contributed by atoms with Crippen molar-refractivity contribution in [3.63, 3.8) is 0 Å². The Morgan fingerprint density at radius 1 is 0.818 bits per heavy atom. The molecule has 0 unspecified atom stereocenters. The topological polar surface area (TPSA) is 23.6 Å². The number of amides is 1. The molecule has 2 aromatic carbocycles.